The lowest BCUT2D eigenvalue weighted by Gasteiger charge is -2.40. The summed E-state index contributed by atoms with van der Waals surface area (Å²) in [6.45, 7) is 3.58. The molecule has 1 aliphatic heterocycles. The van der Waals surface area contributed by atoms with Gasteiger partial charge < -0.3 is 14.9 Å². The molecule has 6 nitrogen and oxygen atoms in total. The summed E-state index contributed by atoms with van der Waals surface area (Å²) >= 11 is 7.49. The van der Waals surface area contributed by atoms with E-state index in [2.05, 4.69) is 14.9 Å². The van der Waals surface area contributed by atoms with Gasteiger partial charge in [0.2, 0.25) is 5.95 Å². The predicted octanol–water partition coefficient (Wildman–Crippen LogP) is 2.43. The van der Waals surface area contributed by atoms with Crippen LogP contribution in [0.4, 0.5) is 10.7 Å². The summed E-state index contributed by atoms with van der Waals surface area (Å²) in [4.78, 5) is 23.3. The minimum Gasteiger partial charge on any atom is -0.465 e. The average Bonchev–Trinajstić information content (AvgIpc) is 2.47. The Morgan fingerprint density at radius 3 is 2.95 bits per heavy atom. The largest absolute Gasteiger partial charge is 0.465 e. The molecular formula is C12H17ClN4O2S. The monoisotopic (exact) mass is 316 g/mol. The minimum absolute atomic E-state index is 0.0933. The highest BCUT2D eigenvalue weighted by molar-refractivity contribution is 7.98. The highest BCUT2D eigenvalue weighted by Crippen LogP contribution is 2.26. The number of hydrogen-bond acceptors (Lipinski definition) is 5. The molecule has 20 heavy (non-hydrogen) atoms. The molecular weight excluding hydrogens is 300 g/mol. The summed E-state index contributed by atoms with van der Waals surface area (Å²) in [7, 11) is 0. The van der Waals surface area contributed by atoms with Crippen LogP contribution in [0.1, 0.15) is 13.3 Å². The lowest BCUT2D eigenvalue weighted by molar-refractivity contribution is 0.134. The maximum Gasteiger partial charge on any atom is 0.407 e. The fraction of sp³-hybridized carbons (Fsp3) is 0.583. The Kier molecular flexibility index (Phi) is 4.93. The van der Waals surface area contributed by atoms with Crippen LogP contribution in [-0.4, -0.2) is 58.0 Å². The van der Waals surface area contributed by atoms with E-state index < -0.39 is 6.09 Å². The van der Waals surface area contributed by atoms with Crippen LogP contribution >= 0.6 is 23.4 Å². The molecule has 1 fully saturated rings. The quantitative estimate of drug-likeness (QED) is 0.682. The molecule has 2 rings (SSSR count). The van der Waals surface area contributed by atoms with Crippen LogP contribution in [0.15, 0.2) is 11.2 Å². The molecule has 1 unspecified atom stereocenters. The number of rotatable bonds is 3. The number of thioether (sulfide) groups is 1. The number of hydrogen-bond donors (Lipinski definition) is 1. The first-order valence-electron chi connectivity index (χ1n) is 6.37. The molecule has 0 aromatic carbocycles. The van der Waals surface area contributed by atoms with Gasteiger partial charge in [-0.25, -0.2) is 14.8 Å². The number of aromatic nitrogens is 2. The van der Waals surface area contributed by atoms with E-state index in [4.69, 9.17) is 16.7 Å². The van der Waals surface area contributed by atoms with E-state index in [1.807, 2.05) is 13.2 Å². The zero-order valence-corrected chi connectivity index (χ0v) is 13.0. The first-order chi connectivity index (χ1) is 9.56. The standard InChI is InChI=1S/C12H17ClN4O2S/c1-3-8-7-16(12(18)19)4-5-17(8)11-14-6-9(13)10(15-11)20-2/h6,8H,3-5,7H2,1-2H3,(H,18,19). The second-order valence-corrected chi connectivity index (χ2v) is 5.71. The van der Waals surface area contributed by atoms with Gasteiger partial charge >= 0.3 is 6.09 Å². The van der Waals surface area contributed by atoms with Gasteiger partial charge in [-0.3, -0.25) is 0 Å². The Labute approximate surface area is 127 Å². The van der Waals surface area contributed by atoms with Gasteiger partial charge in [-0.05, 0) is 12.7 Å². The molecule has 1 aromatic heterocycles. The lowest BCUT2D eigenvalue weighted by Crippen LogP contribution is -2.55. The van der Waals surface area contributed by atoms with E-state index >= 15 is 0 Å². The van der Waals surface area contributed by atoms with Crippen molar-refractivity contribution in [2.75, 3.05) is 30.8 Å². The van der Waals surface area contributed by atoms with Crippen LogP contribution in [0, 0.1) is 0 Å². The van der Waals surface area contributed by atoms with Crippen LogP contribution < -0.4 is 4.90 Å². The van der Waals surface area contributed by atoms with Crippen molar-refractivity contribution < 1.29 is 9.90 Å². The van der Waals surface area contributed by atoms with Crippen molar-refractivity contribution in [3.8, 4) is 0 Å². The lowest BCUT2D eigenvalue weighted by atomic mass is 10.1. The molecule has 1 N–H and O–H groups in total. The summed E-state index contributed by atoms with van der Waals surface area (Å²) in [6, 6.07) is 0.0933. The zero-order valence-electron chi connectivity index (χ0n) is 11.4. The van der Waals surface area contributed by atoms with Gasteiger partial charge in [-0.2, -0.15) is 0 Å². The molecule has 8 heteroatoms. The van der Waals surface area contributed by atoms with Crippen LogP contribution in [0.5, 0.6) is 0 Å². The third kappa shape index (κ3) is 3.09. The number of nitrogens with zero attached hydrogens (tertiary/aromatic N) is 4. The van der Waals surface area contributed by atoms with Crippen LogP contribution in [0.25, 0.3) is 0 Å². The number of amides is 1. The molecule has 1 saturated heterocycles. The Morgan fingerprint density at radius 2 is 2.35 bits per heavy atom. The van der Waals surface area contributed by atoms with Crippen molar-refractivity contribution in [3.63, 3.8) is 0 Å². The van der Waals surface area contributed by atoms with Crippen molar-refractivity contribution in [1.29, 1.82) is 0 Å². The van der Waals surface area contributed by atoms with E-state index in [0.717, 1.165) is 11.4 Å². The normalized spacial score (nSPS) is 19.2. The molecule has 1 aliphatic rings. The number of anilines is 1. The Morgan fingerprint density at radius 1 is 1.60 bits per heavy atom. The molecule has 110 valence electrons. The van der Waals surface area contributed by atoms with Gasteiger partial charge in [-0.15, -0.1) is 11.8 Å². The van der Waals surface area contributed by atoms with Gasteiger partial charge in [0, 0.05) is 25.7 Å². The summed E-state index contributed by atoms with van der Waals surface area (Å²) in [5.41, 5.74) is 0. The second kappa shape index (κ2) is 6.49. The summed E-state index contributed by atoms with van der Waals surface area (Å²) in [6.07, 6.45) is 3.48. The van der Waals surface area contributed by atoms with E-state index in [0.29, 0.717) is 30.6 Å². The van der Waals surface area contributed by atoms with E-state index in [1.165, 1.54) is 16.7 Å². The number of piperazine rings is 1. The Bertz CT molecular complexity index is 502. The second-order valence-electron chi connectivity index (χ2n) is 4.51. The predicted molar refractivity (Wildman–Crippen MR) is 79.8 cm³/mol. The van der Waals surface area contributed by atoms with Crippen LogP contribution in [-0.2, 0) is 0 Å². The molecule has 0 bridgehead atoms. The van der Waals surface area contributed by atoms with Gasteiger partial charge in [0.05, 0.1) is 11.2 Å². The van der Waals surface area contributed by atoms with Crippen molar-refractivity contribution in [2.45, 2.75) is 24.4 Å². The highest BCUT2D eigenvalue weighted by atomic mass is 35.5. The Hall–Kier alpha value is -1.21. The molecule has 0 saturated carbocycles. The van der Waals surface area contributed by atoms with Crippen LogP contribution in [0.2, 0.25) is 5.02 Å². The van der Waals surface area contributed by atoms with Gasteiger partial charge in [0.25, 0.3) is 0 Å². The number of halogens is 1. The molecule has 1 aromatic rings. The first kappa shape index (κ1) is 15.2. The first-order valence-corrected chi connectivity index (χ1v) is 7.98. The fourth-order valence-corrected chi connectivity index (χ4v) is 3.01. The van der Waals surface area contributed by atoms with Crippen molar-refractivity contribution in [3.05, 3.63) is 11.2 Å². The third-order valence-electron chi connectivity index (χ3n) is 3.37. The SMILES string of the molecule is CCC1CN(C(=O)O)CCN1c1ncc(Cl)c(SC)n1. The minimum atomic E-state index is -0.870. The van der Waals surface area contributed by atoms with E-state index in [1.54, 1.807) is 6.20 Å². The smallest absolute Gasteiger partial charge is 0.407 e. The molecule has 0 spiro atoms. The molecule has 1 atom stereocenters. The number of carboxylic acid groups (broad SMARTS) is 1. The maximum atomic E-state index is 11.1. The summed E-state index contributed by atoms with van der Waals surface area (Å²) in [5.74, 6) is 0.621. The molecule has 2 heterocycles. The van der Waals surface area contributed by atoms with Crippen molar-refractivity contribution >= 4 is 35.4 Å². The van der Waals surface area contributed by atoms with E-state index in [-0.39, 0.29) is 6.04 Å². The van der Waals surface area contributed by atoms with E-state index in [9.17, 15) is 4.79 Å². The Balaban J connectivity index is 2.21. The summed E-state index contributed by atoms with van der Waals surface area (Å²) in [5, 5.41) is 10.4. The van der Waals surface area contributed by atoms with Gasteiger partial charge in [0.15, 0.2) is 0 Å². The van der Waals surface area contributed by atoms with Crippen molar-refractivity contribution in [2.24, 2.45) is 0 Å². The zero-order chi connectivity index (χ0) is 14.7. The average molecular weight is 317 g/mol. The topological polar surface area (TPSA) is 69.6 Å². The molecule has 0 radical (unpaired) electrons. The summed E-state index contributed by atoms with van der Waals surface area (Å²) < 4.78 is 0. The molecule has 0 aliphatic carbocycles. The highest BCUT2D eigenvalue weighted by Gasteiger charge is 2.30. The third-order valence-corrected chi connectivity index (χ3v) is 4.46. The van der Waals surface area contributed by atoms with Gasteiger partial charge in [0.1, 0.15) is 5.03 Å². The maximum absolute atomic E-state index is 11.1. The van der Waals surface area contributed by atoms with Crippen LogP contribution in [0.3, 0.4) is 0 Å². The van der Waals surface area contributed by atoms with Crippen molar-refractivity contribution in [1.82, 2.24) is 14.9 Å². The van der Waals surface area contributed by atoms with Gasteiger partial charge in [-0.1, -0.05) is 18.5 Å². The number of carbonyl (C=O) groups is 1. The molecule has 1 amide bonds. The fourth-order valence-electron chi connectivity index (χ4n) is 2.27.